The van der Waals surface area contributed by atoms with Gasteiger partial charge in [0.05, 0.1) is 12.6 Å². The minimum atomic E-state index is -0.00538. The number of rotatable bonds is 7. The van der Waals surface area contributed by atoms with Crippen LogP contribution in [-0.2, 0) is 0 Å². The lowest BCUT2D eigenvalue weighted by atomic mass is 10.1. The highest BCUT2D eigenvalue weighted by Gasteiger charge is 2.14. The van der Waals surface area contributed by atoms with Gasteiger partial charge in [-0.05, 0) is 43.2 Å². The Balaban J connectivity index is 1.73. The van der Waals surface area contributed by atoms with E-state index in [0.717, 1.165) is 16.9 Å². The largest absolute Gasteiger partial charge is 0.494 e. The molecule has 5 nitrogen and oxygen atoms in total. The van der Waals surface area contributed by atoms with Crippen molar-refractivity contribution in [2.24, 2.45) is 0 Å². The van der Waals surface area contributed by atoms with Crippen molar-refractivity contribution < 1.29 is 9.15 Å². The summed E-state index contributed by atoms with van der Waals surface area (Å²) >= 11 is 0. The van der Waals surface area contributed by atoms with E-state index in [0.29, 0.717) is 18.4 Å². The van der Waals surface area contributed by atoms with Crippen LogP contribution in [0, 0.1) is 11.3 Å². The first-order valence-electron chi connectivity index (χ1n) is 8.83. The van der Waals surface area contributed by atoms with Crippen LogP contribution in [0.4, 0.5) is 5.88 Å². The summed E-state index contributed by atoms with van der Waals surface area (Å²) in [6.07, 6.45) is 3.63. The molecule has 136 valence electrons. The first-order valence-corrected chi connectivity index (χ1v) is 8.83. The Hall–Kier alpha value is -3.52. The maximum atomic E-state index is 9.33. The molecular weight excluding hydrogens is 338 g/mol. The second kappa shape index (κ2) is 8.72. The summed E-state index contributed by atoms with van der Waals surface area (Å²) in [5, 5.41) is 12.5. The van der Waals surface area contributed by atoms with Crippen molar-refractivity contribution in [1.82, 2.24) is 4.98 Å². The molecule has 2 aromatic carbocycles. The summed E-state index contributed by atoms with van der Waals surface area (Å²) < 4.78 is 11.2. The van der Waals surface area contributed by atoms with Crippen molar-refractivity contribution in [1.29, 1.82) is 5.26 Å². The van der Waals surface area contributed by atoms with Gasteiger partial charge in [-0.1, -0.05) is 42.5 Å². The zero-order valence-corrected chi connectivity index (χ0v) is 15.3. The first kappa shape index (κ1) is 18.3. The minimum absolute atomic E-state index is 0.00538. The lowest BCUT2D eigenvalue weighted by Crippen LogP contribution is -2.06. The van der Waals surface area contributed by atoms with Crippen molar-refractivity contribution >= 4 is 18.0 Å². The van der Waals surface area contributed by atoms with Gasteiger partial charge < -0.3 is 14.5 Å². The lowest BCUT2D eigenvalue weighted by molar-refractivity contribution is 0.340. The second-order valence-corrected chi connectivity index (χ2v) is 5.95. The summed E-state index contributed by atoms with van der Waals surface area (Å²) in [6.45, 7) is 4.60. The van der Waals surface area contributed by atoms with Crippen LogP contribution in [0.1, 0.15) is 42.6 Å². The third kappa shape index (κ3) is 4.77. The summed E-state index contributed by atoms with van der Waals surface area (Å²) in [5.41, 5.74) is 2.33. The summed E-state index contributed by atoms with van der Waals surface area (Å²) in [5.74, 6) is 1.59. The third-order valence-corrected chi connectivity index (χ3v) is 4.01. The molecule has 1 atom stereocenters. The zero-order valence-electron chi connectivity index (χ0n) is 15.3. The van der Waals surface area contributed by atoms with E-state index in [2.05, 4.69) is 16.4 Å². The number of aromatic nitrogens is 1. The maximum Gasteiger partial charge on any atom is 0.233 e. The highest BCUT2D eigenvalue weighted by atomic mass is 16.5. The lowest BCUT2D eigenvalue weighted by Gasteiger charge is -2.12. The third-order valence-electron chi connectivity index (χ3n) is 4.01. The molecule has 0 aliphatic heterocycles. The topological polar surface area (TPSA) is 71.1 Å². The van der Waals surface area contributed by atoms with Crippen LogP contribution in [0.2, 0.25) is 0 Å². The van der Waals surface area contributed by atoms with E-state index in [4.69, 9.17) is 9.15 Å². The van der Waals surface area contributed by atoms with Gasteiger partial charge in [-0.3, -0.25) is 0 Å². The van der Waals surface area contributed by atoms with Gasteiger partial charge >= 0.3 is 0 Å². The normalized spacial score (nSPS) is 11.9. The molecule has 0 aliphatic rings. The van der Waals surface area contributed by atoms with Crippen molar-refractivity contribution in [2.75, 3.05) is 11.9 Å². The quantitative estimate of drug-likeness (QED) is 0.621. The minimum Gasteiger partial charge on any atom is -0.494 e. The fourth-order valence-corrected chi connectivity index (χ4v) is 2.61. The van der Waals surface area contributed by atoms with Gasteiger partial charge in [0.15, 0.2) is 0 Å². The van der Waals surface area contributed by atoms with Crippen LogP contribution in [-0.4, -0.2) is 11.6 Å². The molecule has 0 bridgehead atoms. The molecule has 1 unspecified atom stereocenters. The highest BCUT2D eigenvalue weighted by molar-refractivity contribution is 5.67. The Morgan fingerprint density at radius 3 is 2.56 bits per heavy atom. The predicted octanol–water partition coefficient (Wildman–Crippen LogP) is 5.29. The molecular formula is C22H21N3O2. The fraction of sp³-hybridized carbons (Fsp3) is 0.182. The fourth-order valence-electron chi connectivity index (χ4n) is 2.61. The van der Waals surface area contributed by atoms with E-state index in [9.17, 15) is 5.26 Å². The summed E-state index contributed by atoms with van der Waals surface area (Å²) in [4.78, 5) is 4.24. The second-order valence-electron chi connectivity index (χ2n) is 5.95. The molecule has 0 fully saturated rings. The van der Waals surface area contributed by atoms with Crippen LogP contribution in [0.5, 0.6) is 5.75 Å². The maximum absolute atomic E-state index is 9.33. The van der Waals surface area contributed by atoms with Crippen LogP contribution in [0.3, 0.4) is 0 Å². The number of hydrogen-bond acceptors (Lipinski definition) is 5. The Bertz CT molecular complexity index is 938. The number of nitriles is 1. The van der Waals surface area contributed by atoms with E-state index in [-0.39, 0.29) is 11.7 Å². The van der Waals surface area contributed by atoms with Crippen molar-refractivity contribution in [2.45, 2.75) is 19.9 Å². The Labute approximate surface area is 158 Å². The number of oxazole rings is 1. The molecule has 3 rings (SSSR count). The molecule has 0 spiro atoms. The number of nitrogens with one attached hydrogen (secondary N) is 1. The van der Waals surface area contributed by atoms with Gasteiger partial charge in [0.1, 0.15) is 11.8 Å². The smallest absolute Gasteiger partial charge is 0.233 e. The van der Waals surface area contributed by atoms with Crippen LogP contribution in [0.15, 0.2) is 59.0 Å². The SMILES string of the molecule is CCOc1ccc(C=Cc2nc(C#N)c(NC(C)c3ccccc3)o2)cc1. The molecule has 5 heteroatoms. The number of ether oxygens (including phenoxy) is 1. The van der Waals surface area contributed by atoms with Crippen LogP contribution >= 0.6 is 0 Å². The van der Waals surface area contributed by atoms with Crippen molar-refractivity contribution in [3.8, 4) is 11.8 Å². The van der Waals surface area contributed by atoms with Gasteiger partial charge in [0, 0.05) is 6.08 Å². The first-order chi connectivity index (χ1) is 13.2. The molecule has 1 N–H and O–H groups in total. The number of anilines is 1. The molecule has 0 saturated carbocycles. The van der Waals surface area contributed by atoms with E-state index in [1.165, 1.54) is 0 Å². The van der Waals surface area contributed by atoms with Gasteiger partial charge in [0.25, 0.3) is 0 Å². The highest BCUT2D eigenvalue weighted by Crippen LogP contribution is 2.24. The van der Waals surface area contributed by atoms with Gasteiger partial charge in [0.2, 0.25) is 17.5 Å². The summed E-state index contributed by atoms with van der Waals surface area (Å²) in [6, 6.07) is 19.8. The molecule has 27 heavy (non-hydrogen) atoms. The molecule has 0 amide bonds. The van der Waals surface area contributed by atoms with E-state index < -0.39 is 0 Å². The van der Waals surface area contributed by atoms with E-state index in [1.54, 1.807) is 6.08 Å². The number of nitrogens with zero attached hydrogens (tertiary/aromatic N) is 2. The molecule has 1 aromatic heterocycles. The molecule has 0 aliphatic carbocycles. The predicted molar refractivity (Wildman–Crippen MR) is 106 cm³/mol. The van der Waals surface area contributed by atoms with E-state index in [1.807, 2.05) is 74.5 Å². The van der Waals surface area contributed by atoms with Gasteiger partial charge in [-0.2, -0.15) is 10.2 Å². The standard InChI is InChI=1S/C22H21N3O2/c1-3-26-19-12-9-17(10-13-19)11-14-21-25-20(15-23)22(27-21)24-16(2)18-7-5-4-6-8-18/h4-14,16,24H,3H2,1-2H3. The number of benzene rings is 2. The molecule has 3 aromatic rings. The number of hydrogen-bond donors (Lipinski definition) is 1. The van der Waals surface area contributed by atoms with E-state index >= 15 is 0 Å². The van der Waals surface area contributed by atoms with Crippen LogP contribution in [0.25, 0.3) is 12.2 Å². The van der Waals surface area contributed by atoms with Crippen molar-refractivity contribution in [3.63, 3.8) is 0 Å². The monoisotopic (exact) mass is 359 g/mol. The average molecular weight is 359 g/mol. The zero-order chi connectivity index (χ0) is 19.1. The Kier molecular flexibility index (Phi) is 5.91. The molecule has 0 saturated heterocycles. The Morgan fingerprint density at radius 2 is 1.89 bits per heavy atom. The van der Waals surface area contributed by atoms with Crippen molar-refractivity contribution in [3.05, 3.63) is 77.3 Å². The molecule has 0 radical (unpaired) electrons. The average Bonchev–Trinajstić information content (AvgIpc) is 3.10. The summed E-state index contributed by atoms with van der Waals surface area (Å²) in [7, 11) is 0. The Morgan fingerprint density at radius 1 is 1.15 bits per heavy atom. The van der Waals surface area contributed by atoms with Crippen LogP contribution < -0.4 is 10.1 Å². The van der Waals surface area contributed by atoms with Gasteiger partial charge in [-0.25, -0.2) is 0 Å². The molecule has 1 heterocycles. The van der Waals surface area contributed by atoms with Gasteiger partial charge in [-0.15, -0.1) is 0 Å².